The molecule has 0 aliphatic heterocycles. The fourth-order valence-electron chi connectivity index (χ4n) is 0.277. The minimum atomic E-state index is 0. The molecule has 0 atom stereocenters. The van der Waals surface area contributed by atoms with E-state index in [0.717, 1.165) is 0 Å². The van der Waals surface area contributed by atoms with Gasteiger partial charge in [0.05, 0.1) is 0 Å². The molecule has 1 rings (SSSR count). The van der Waals surface area contributed by atoms with Crippen LogP contribution in [0.25, 0.3) is 6.15 Å². The smallest absolute Gasteiger partial charge is 0.693 e. The summed E-state index contributed by atoms with van der Waals surface area (Å²) in [6.07, 6.45) is 6.34. The first-order valence-corrected chi connectivity index (χ1v) is 2.93. The van der Waals surface area contributed by atoms with E-state index in [9.17, 15) is 0 Å². The Labute approximate surface area is 78.9 Å². The van der Waals surface area contributed by atoms with Crippen LogP contribution in [0.15, 0.2) is 24.4 Å². The predicted octanol–water partition coefficient (Wildman–Crippen LogP) is 2.83. The normalized spacial score (nSPS) is 6.00. The van der Waals surface area contributed by atoms with Gasteiger partial charge in [0.25, 0.3) is 0 Å². The Hall–Kier alpha value is -0.396. The van der Waals surface area contributed by atoms with Crippen molar-refractivity contribution in [3.63, 3.8) is 0 Å². The average molecular weight is 196 g/mol. The summed E-state index contributed by atoms with van der Waals surface area (Å²) in [5.74, 6) is 0. The van der Waals surface area contributed by atoms with E-state index in [1.54, 1.807) is 12.3 Å². The van der Waals surface area contributed by atoms with Gasteiger partial charge in [-0.05, 0) is 0 Å². The second-order valence-electron chi connectivity index (χ2n) is 1.54. The van der Waals surface area contributed by atoms with Gasteiger partial charge >= 0.3 is 16.5 Å². The number of aromatic nitrogens is 1. The molecule has 0 saturated carbocycles. The molecule has 11 heavy (non-hydrogen) atoms. The summed E-state index contributed by atoms with van der Waals surface area (Å²) in [6, 6.07) is 5.50. The number of rotatable bonds is 0. The number of nitrogens with zero attached hydrogens (tertiary/aromatic N) is 1. The third kappa shape index (κ3) is 17.7. The summed E-state index contributed by atoms with van der Waals surface area (Å²) in [4.78, 5) is 3.66. The first-order valence-electron chi connectivity index (χ1n) is 2.93. The monoisotopic (exact) mass is 195 g/mol. The van der Waals surface area contributed by atoms with Crippen molar-refractivity contribution in [2.24, 2.45) is 0 Å². The third-order valence-corrected chi connectivity index (χ3v) is 0.517. The van der Waals surface area contributed by atoms with Crippen molar-refractivity contribution >= 4 is 0 Å². The number of hydrogen-bond acceptors (Lipinski definition) is 1. The first kappa shape index (κ1) is 16.9. The Kier molecular flexibility index (Phi) is 25.1. The first-order chi connectivity index (χ1) is 4.41. The standard InChI is InChI=1S/C5H4N.C3H7.H2N.Ni/c1-2-4-6-5-3-1;1-3-2;;/h1-4H;3H,1-2H3;1H2;/q3*-1;+3. The van der Waals surface area contributed by atoms with Crippen molar-refractivity contribution in [1.29, 1.82) is 0 Å². The van der Waals surface area contributed by atoms with Crippen LogP contribution in [0.4, 0.5) is 0 Å². The molecule has 1 heterocycles. The van der Waals surface area contributed by atoms with Crippen LogP contribution in [0.2, 0.25) is 0 Å². The van der Waals surface area contributed by atoms with Gasteiger partial charge < -0.3 is 17.6 Å². The topological polar surface area (TPSA) is 46.4 Å². The molecule has 0 fully saturated rings. The molecule has 0 saturated heterocycles. The molecule has 0 aliphatic carbocycles. The second-order valence-corrected chi connectivity index (χ2v) is 1.54. The molecular formula is C8H13N2Ni. The van der Waals surface area contributed by atoms with Crippen molar-refractivity contribution in [2.75, 3.05) is 0 Å². The Morgan fingerprint density at radius 2 is 1.82 bits per heavy atom. The maximum atomic E-state index is 3.66. The molecule has 2 nitrogen and oxygen atoms in total. The van der Waals surface area contributed by atoms with Gasteiger partial charge in [0.1, 0.15) is 0 Å². The predicted molar refractivity (Wildman–Crippen MR) is 44.0 cm³/mol. The minimum Gasteiger partial charge on any atom is -0.693 e. The summed E-state index contributed by atoms with van der Waals surface area (Å²) in [6.45, 7) is 4.00. The Bertz CT molecular complexity index is 94.9. The van der Waals surface area contributed by atoms with E-state index in [0.29, 0.717) is 0 Å². The van der Waals surface area contributed by atoms with Gasteiger partial charge in [-0.25, -0.2) is 0 Å². The van der Waals surface area contributed by atoms with Crippen LogP contribution in [0.5, 0.6) is 0 Å². The van der Waals surface area contributed by atoms with Gasteiger partial charge in [0.2, 0.25) is 0 Å². The van der Waals surface area contributed by atoms with Gasteiger partial charge in [0, 0.05) is 0 Å². The fourth-order valence-corrected chi connectivity index (χ4v) is 0.277. The zero-order valence-corrected chi connectivity index (χ0v) is 7.72. The largest absolute Gasteiger partial charge is 3.00 e. The second kappa shape index (κ2) is 16.3. The third-order valence-electron chi connectivity index (χ3n) is 0.517. The Morgan fingerprint density at radius 1 is 1.27 bits per heavy atom. The Morgan fingerprint density at radius 3 is 1.91 bits per heavy atom. The van der Waals surface area contributed by atoms with Crippen LogP contribution in [0.3, 0.4) is 0 Å². The molecule has 2 N–H and O–H groups in total. The fraction of sp³-hybridized carbons (Fsp3) is 0.250. The van der Waals surface area contributed by atoms with Gasteiger partial charge in [-0.3, -0.25) is 0 Å². The van der Waals surface area contributed by atoms with Crippen molar-refractivity contribution in [1.82, 2.24) is 4.98 Å². The quantitative estimate of drug-likeness (QED) is 0.464. The molecule has 65 valence electrons. The van der Waals surface area contributed by atoms with Gasteiger partial charge in [-0.1, -0.05) is 12.4 Å². The number of hydrogen-bond donors (Lipinski definition) is 0. The van der Waals surface area contributed by atoms with Crippen LogP contribution >= 0.6 is 0 Å². The SMILES string of the molecule is C[CH-]C.[NH2-].[Ni+3].[c-]1ccccn1. The van der Waals surface area contributed by atoms with Crippen molar-refractivity contribution in [3.05, 3.63) is 43.2 Å². The molecule has 1 radical (unpaired) electrons. The van der Waals surface area contributed by atoms with Crippen molar-refractivity contribution in [3.8, 4) is 0 Å². The number of pyridine rings is 1. The summed E-state index contributed by atoms with van der Waals surface area (Å²) in [5.41, 5.74) is 0. The number of nitrogens with two attached hydrogens (primary N) is 1. The molecule has 0 aromatic carbocycles. The summed E-state index contributed by atoms with van der Waals surface area (Å²) in [5, 5.41) is 0. The molecule has 0 spiro atoms. The molecule has 0 aliphatic rings. The molecule has 1 aromatic rings. The maximum absolute atomic E-state index is 3.66. The molecule has 0 bridgehead atoms. The van der Waals surface area contributed by atoms with Gasteiger partial charge in [-0.15, -0.1) is 0 Å². The summed E-state index contributed by atoms with van der Waals surface area (Å²) in [7, 11) is 0. The minimum absolute atomic E-state index is 0. The van der Waals surface area contributed by atoms with E-state index < -0.39 is 0 Å². The van der Waals surface area contributed by atoms with Crippen LogP contribution in [0, 0.1) is 12.6 Å². The van der Waals surface area contributed by atoms with E-state index in [1.165, 1.54) is 0 Å². The van der Waals surface area contributed by atoms with Crippen LogP contribution in [0.1, 0.15) is 13.8 Å². The van der Waals surface area contributed by atoms with Gasteiger partial charge in [0.15, 0.2) is 0 Å². The van der Waals surface area contributed by atoms with Crippen molar-refractivity contribution in [2.45, 2.75) is 13.8 Å². The molecular weight excluding hydrogens is 183 g/mol. The molecule has 0 unspecified atom stereocenters. The summed E-state index contributed by atoms with van der Waals surface area (Å²) >= 11 is 0. The zero-order chi connectivity index (χ0) is 6.95. The van der Waals surface area contributed by atoms with Gasteiger partial charge in [-0.2, -0.15) is 32.0 Å². The van der Waals surface area contributed by atoms with Crippen LogP contribution < -0.4 is 0 Å². The molecule has 0 amide bonds. The van der Waals surface area contributed by atoms with E-state index in [-0.39, 0.29) is 22.6 Å². The zero-order valence-electron chi connectivity index (χ0n) is 6.73. The Balaban J connectivity index is -0.000000116. The van der Waals surface area contributed by atoms with E-state index in [2.05, 4.69) is 11.2 Å². The molecule has 3 heteroatoms. The van der Waals surface area contributed by atoms with Crippen LogP contribution in [-0.4, -0.2) is 4.98 Å². The maximum Gasteiger partial charge on any atom is 3.00 e. The van der Waals surface area contributed by atoms with E-state index in [4.69, 9.17) is 0 Å². The average Bonchev–Trinajstić information content (AvgIpc) is 1.93. The molecule has 1 aromatic heterocycles. The summed E-state index contributed by atoms with van der Waals surface area (Å²) < 4.78 is 0. The van der Waals surface area contributed by atoms with Crippen molar-refractivity contribution < 1.29 is 16.5 Å². The van der Waals surface area contributed by atoms with E-state index >= 15 is 0 Å². The van der Waals surface area contributed by atoms with E-state index in [1.807, 2.05) is 32.4 Å². The van der Waals surface area contributed by atoms with Crippen LogP contribution in [-0.2, 0) is 16.5 Å².